The lowest BCUT2D eigenvalue weighted by Crippen LogP contribution is -2.30. The lowest BCUT2D eigenvalue weighted by Gasteiger charge is -2.21. The maximum atomic E-state index is 13.0. The molecule has 19 heteroatoms. The van der Waals surface area contributed by atoms with Crippen molar-refractivity contribution in [3.63, 3.8) is 0 Å². The smallest absolute Gasteiger partial charge is 0.462 e. The summed E-state index contributed by atoms with van der Waals surface area (Å²) < 4.78 is 68.2. The average Bonchev–Trinajstić information content (AvgIpc) is 3.68. The van der Waals surface area contributed by atoms with Gasteiger partial charge in [0.15, 0.2) is 12.2 Å². The minimum absolute atomic E-state index is 0.104. The van der Waals surface area contributed by atoms with Crippen LogP contribution in [0, 0.1) is 5.92 Å². The van der Waals surface area contributed by atoms with Crippen molar-refractivity contribution in [3.8, 4) is 0 Å². The van der Waals surface area contributed by atoms with Crippen LogP contribution in [0.3, 0.4) is 0 Å². The molecular formula is C70H136O17P2. The molecule has 2 unspecified atom stereocenters. The Balaban J connectivity index is 5.21. The van der Waals surface area contributed by atoms with Crippen molar-refractivity contribution in [2.24, 2.45) is 5.92 Å². The van der Waals surface area contributed by atoms with Crippen LogP contribution < -0.4 is 0 Å². The largest absolute Gasteiger partial charge is 0.472 e. The molecule has 0 aliphatic carbocycles. The number of unbranched alkanes of at least 4 members (excludes halogenated alkanes) is 42. The predicted octanol–water partition coefficient (Wildman–Crippen LogP) is 20.1. The van der Waals surface area contributed by atoms with Gasteiger partial charge in [0, 0.05) is 25.7 Å². The summed E-state index contributed by atoms with van der Waals surface area (Å²) in [7, 11) is -9.89. The minimum Gasteiger partial charge on any atom is -0.462 e. The molecule has 0 aliphatic heterocycles. The highest BCUT2D eigenvalue weighted by molar-refractivity contribution is 7.47. The van der Waals surface area contributed by atoms with E-state index < -0.39 is 97.5 Å². The molecule has 0 aromatic rings. The fourth-order valence-corrected chi connectivity index (χ4v) is 12.2. The normalized spacial score (nSPS) is 14.1. The van der Waals surface area contributed by atoms with Crippen LogP contribution in [0.5, 0.6) is 0 Å². The highest BCUT2D eigenvalue weighted by Crippen LogP contribution is 2.45. The number of phosphoric ester groups is 2. The number of carbonyl (C=O) groups is 4. The second-order valence-corrected chi connectivity index (χ2v) is 28.7. The van der Waals surface area contributed by atoms with Gasteiger partial charge in [0.25, 0.3) is 0 Å². The van der Waals surface area contributed by atoms with E-state index in [0.29, 0.717) is 31.6 Å². The molecule has 5 atom stereocenters. The van der Waals surface area contributed by atoms with Crippen molar-refractivity contribution >= 4 is 39.5 Å². The van der Waals surface area contributed by atoms with Crippen molar-refractivity contribution in [3.05, 3.63) is 0 Å². The topological polar surface area (TPSA) is 237 Å². The fraction of sp³-hybridized carbons (Fsp3) is 0.943. The first-order chi connectivity index (χ1) is 43.0. The third kappa shape index (κ3) is 64.6. The first kappa shape index (κ1) is 87.1. The van der Waals surface area contributed by atoms with Gasteiger partial charge in [-0.2, -0.15) is 0 Å². The Labute approximate surface area is 543 Å². The molecule has 0 aromatic carbocycles. The van der Waals surface area contributed by atoms with E-state index in [-0.39, 0.29) is 25.7 Å². The van der Waals surface area contributed by atoms with Gasteiger partial charge in [-0.3, -0.25) is 37.3 Å². The molecule has 0 saturated heterocycles. The van der Waals surface area contributed by atoms with Crippen molar-refractivity contribution in [2.45, 2.75) is 380 Å². The zero-order valence-electron chi connectivity index (χ0n) is 57.6. The van der Waals surface area contributed by atoms with E-state index in [2.05, 4.69) is 34.6 Å². The van der Waals surface area contributed by atoms with Gasteiger partial charge in [0.2, 0.25) is 0 Å². The molecule has 0 heterocycles. The average molecular weight is 1310 g/mol. The molecule has 0 aromatic heterocycles. The Bertz CT molecular complexity index is 1720. The van der Waals surface area contributed by atoms with E-state index in [1.165, 1.54) is 180 Å². The van der Waals surface area contributed by atoms with Crippen LogP contribution in [0.25, 0.3) is 0 Å². The number of aliphatic hydroxyl groups excluding tert-OH is 1. The number of hydrogen-bond donors (Lipinski definition) is 3. The quantitative estimate of drug-likeness (QED) is 0.0222. The molecular weight excluding hydrogens is 1170 g/mol. The zero-order chi connectivity index (χ0) is 65.6. The van der Waals surface area contributed by atoms with Crippen LogP contribution in [0.4, 0.5) is 0 Å². The second kappa shape index (κ2) is 63.5. The van der Waals surface area contributed by atoms with E-state index in [4.69, 9.17) is 37.0 Å². The number of ether oxygens (including phenoxy) is 4. The molecule has 0 radical (unpaired) electrons. The highest BCUT2D eigenvalue weighted by Gasteiger charge is 2.30. The molecule has 0 aliphatic rings. The van der Waals surface area contributed by atoms with Gasteiger partial charge in [0.05, 0.1) is 26.4 Å². The maximum Gasteiger partial charge on any atom is 0.472 e. The Kier molecular flexibility index (Phi) is 62.1. The number of hydrogen-bond acceptors (Lipinski definition) is 15. The third-order valence-corrected chi connectivity index (χ3v) is 18.2. The molecule has 17 nitrogen and oxygen atoms in total. The first-order valence-corrected chi connectivity index (χ1v) is 39.6. The van der Waals surface area contributed by atoms with E-state index >= 15 is 0 Å². The van der Waals surface area contributed by atoms with Gasteiger partial charge >= 0.3 is 39.5 Å². The fourth-order valence-electron chi connectivity index (χ4n) is 10.6. The summed E-state index contributed by atoms with van der Waals surface area (Å²) in [6.07, 6.45) is 50.1. The molecule has 0 bridgehead atoms. The van der Waals surface area contributed by atoms with Gasteiger partial charge in [-0.05, 0) is 31.6 Å². The number of rotatable bonds is 70. The molecule has 0 saturated carbocycles. The van der Waals surface area contributed by atoms with Gasteiger partial charge in [-0.25, -0.2) is 9.13 Å². The van der Waals surface area contributed by atoms with Gasteiger partial charge in [0.1, 0.15) is 19.3 Å². The van der Waals surface area contributed by atoms with Crippen molar-refractivity contribution < 1.29 is 80.2 Å². The third-order valence-electron chi connectivity index (χ3n) is 16.3. The first-order valence-electron chi connectivity index (χ1n) is 36.6. The van der Waals surface area contributed by atoms with Gasteiger partial charge in [-0.15, -0.1) is 0 Å². The summed E-state index contributed by atoms with van der Waals surface area (Å²) >= 11 is 0. The molecule has 89 heavy (non-hydrogen) atoms. The van der Waals surface area contributed by atoms with Crippen LogP contribution in [-0.2, 0) is 65.4 Å². The summed E-state index contributed by atoms with van der Waals surface area (Å²) in [6, 6.07) is 0. The molecule has 0 fully saturated rings. The summed E-state index contributed by atoms with van der Waals surface area (Å²) in [5.41, 5.74) is 0. The Morgan fingerprint density at radius 3 is 0.764 bits per heavy atom. The predicted molar refractivity (Wildman–Crippen MR) is 358 cm³/mol. The summed E-state index contributed by atoms with van der Waals surface area (Å²) in [6.45, 7) is 7.16. The van der Waals surface area contributed by atoms with E-state index in [1.807, 2.05) is 0 Å². The number of esters is 4. The monoisotopic (exact) mass is 1310 g/mol. The molecule has 0 amide bonds. The Morgan fingerprint density at radius 1 is 0.303 bits per heavy atom. The van der Waals surface area contributed by atoms with Crippen molar-refractivity contribution in [2.75, 3.05) is 39.6 Å². The van der Waals surface area contributed by atoms with E-state index in [1.54, 1.807) is 0 Å². The Hall–Kier alpha value is -1.94. The lowest BCUT2D eigenvalue weighted by molar-refractivity contribution is -0.161. The van der Waals surface area contributed by atoms with E-state index in [9.17, 15) is 43.2 Å². The van der Waals surface area contributed by atoms with Crippen LogP contribution in [-0.4, -0.2) is 96.7 Å². The van der Waals surface area contributed by atoms with Crippen LogP contribution in [0.15, 0.2) is 0 Å². The molecule has 0 rings (SSSR count). The number of carbonyl (C=O) groups excluding carboxylic acids is 4. The highest BCUT2D eigenvalue weighted by atomic mass is 31.2. The second-order valence-electron chi connectivity index (χ2n) is 25.7. The van der Waals surface area contributed by atoms with Crippen LogP contribution in [0.1, 0.15) is 362 Å². The lowest BCUT2D eigenvalue weighted by atomic mass is 10.0. The van der Waals surface area contributed by atoms with Gasteiger partial charge in [-0.1, -0.05) is 311 Å². The van der Waals surface area contributed by atoms with Crippen molar-refractivity contribution in [1.82, 2.24) is 0 Å². The summed E-state index contributed by atoms with van der Waals surface area (Å²) in [5, 5.41) is 10.6. The minimum atomic E-state index is -4.95. The van der Waals surface area contributed by atoms with Crippen LogP contribution in [0.2, 0.25) is 0 Å². The number of phosphoric acid groups is 2. The standard InChI is InChI=1S/C70H136O17P2/c1-6-9-12-15-18-21-23-25-27-28-29-31-33-35-40-45-50-55-69(74)86-65(60-81-68(73)54-49-44-39-34-32-30-26-24-22-19-16-13-10-7-2)61-84-88(76,77)82-57-64(71)58-83-89(78,79)85-62-66(59-80-67(72)53-48-43-38-20-17-14-11-8-3)87-70(75)56-51-46-41-36-37-42-47-52-63(4)5/h63-66,71H,6-62H2,1-5H3,(H,76,77)(H,78,79)/t64-,65-,66-/m1/s1. The van der Waals surface area contributed by atoms with E-state index in [0.717, 1.165) is 96.3 Å². The Morgan fingerprint density at radius 2 is 0.517 bits per heavy atom. The summed E-state index contributed by atoms with van der Waals surface area (Å²) in [5.74, 6) is -1.43. The zero-order valence-corrected chi connectivity index (χ0v) is 59.4. The molecule has 0 spiro atoms. The maximum absolute atomic E-state index is 13.0. The van der Waals surface area contributed by atoms with Crippen molar-refractivity contribution in [1.29, 1.82) is 0 Å². The molecule has 3 N–H and O–H groups in total. The number of aliphatic hydroxyl groups is 1. The SMILES string of the molecule is CCCCCCCCCCCCCCCCCCCC(=O)O[C@H](COC(=O)CCCCCCCCCCCCCCCC)COP(=O)(O)OC[C@@H](O)COP(=O)(O)OC[C@@H](COC(=O)CCCCCCCCCC)OC(=O)CCCCCCCCCC(C)C. The summed E-state index contributed by atoms with van der Waals surface area (Å²) in [4.78, 5) is 72.4. The van der Waals surface area contributed by atoms with Gasteiger partial charge < -0.3 is 33.8 Å². The molecule has 528 valence electrons. The van der Waals surface area contributed by atoms with Crippen LogP contribution >= 0.6 is 15.6 Å².